The zero-order valence-electron chi connectivity index (χ0n) is 10.7. The van der Waals surface area contributed by atoms with Gasteiger partial charge in [-0.25, -0.2) is 4.79 Å². The van der Waals surface area contributed by atoms with Crippen LogP contribution in [0.5, 0.6) is 0 Å². The summed E-state index contributed by atoms with van der Waals surface area (Å²) in [4.78, 5) is 21.9. The molecule has 1 aliphatic rings. The molecule has 2 N–H and O–H groups in total. The van der Waals surface area contributed by atoms with Gasteiger partial charge in [-0.1, -0.05) is 18.2 Å². The second-order valence-corrected chi connectivity index (χ2v) is 4.29. The number of hydrogen-bond acceptors (Lipinski definition) is 3. The Morgan fingerprint density at radius 1 is 1.50 bits per heavy atom. The normalized spacial score (nSPS) is 17.8. The van der Waals surface area contributed by atoms with Crippen LogP contribution in [0.15, 0.2) is 23.8 Å². The molecule has 5 nitrogen and oxygen atoms in total. The van der Waals surface area contributed by atoms with Crippen molar-refractivity contribution in [2.24, 2.45) is 0 Å². The van der Waals surface area contributed by atoms with Crippen molar-refractivity contribution in [3.8, 4) is 0 Å². The number of aliphatic carboxylic acids is 1. The highest BCUT2D eigenvalue weighted by atomic mass is 16.5. The van der Waals surface area contributed by atoms with E-state index in [9.17, 15) is 9.59 Å². The molecule has 1 amide bonds. The lowest BCUT2D eigenvalue weighted by Crippen LogP contribution is -2.48. The summed E-state index contributed by atoms with van der Waals surface area (Å²) < 4.78 is 5.49. The van der Waals surface area contributed by atoms with Gasteiger partial charge < -0.3 is 15.2 Å². The van der Waals surface area contributed by atoms with Crippen LogP contribution < -0.4 is 5.32 Å². The Morgan fingerprint density at radius 3 is 2.72 bits per heavy atom. The first-order valence-electron chi connectivity index (χ1n) is 5.97. The van der Waals surface area contributed by atoms with E-state index in [-0.39, 0.29) is 5.91 Å². The highest BCUT2D eigenvalue weighted by molar-refractivity contribution is 5.82. The Balaban J connectivity index is 2.48. The third kappa shape index (κ3) is 4.71. The molecule has 0 bridgehead atoms. The fourth-order valence-corrected chi connectivity index (χ4v) is 1.70. The number of nitrogens with one attached hydrogen (secondary N) is 1. The van der Waals surface area contributed by atoms with Crippen molar-refractivity contribution in [1.82, 2.24) is 5.32 Å². The van der Waals surface area contributed by atoms with Gasteiger partial charge in [0, 0.05) is 6.92 Å². The van der Waals surface area contributed by atoms with E-state index in [1.807, 2.05) is 6.08 Å². The van der Waals surface area contributed by atoms with Crippen LogP contribution in [0.1, 0.15) is 26.7 Å². The van der Waals surface area contributed by atoms with Crippen LogP contribution in [-0.2, 0) is 14.3 Å². The van der Waals surface area contributed by atoms with Crippen molar-refractivity contribution in [3.63, 3.8) is 0 Å². The van der Waals surface area contributed by atoms with Crippen molar-refractivity contribution in [2.45, 2.75) is 38.8 Å². The van der Waals surface area contributed by atoms with Gasteiger partial charge in [0.05, 0.1) is 12.7 Å². The molecule has 0 aliphatic heterocycles. The van der Waals surface area contributed by atoms with Gasteiger partial charge in [-0.15, -0.1) is 0 Å². The monoisotopic (exact) mass is 253 g/mol. The minimum absolute atomic E-state index is 0.362. The van der Waals surface area contributed by atoms with Crippen LogP contribution in [0.25, 0.3) is 0 Å². The van der Waals surface area contributed by atoms with Crippen LogP contribution in [0.3, 0.4) is 0 Å². The number of carboxylic acids is 1. The fourth-order valence-electron chi connectivity index (χ4n) is 1.70. The van der Waals surface area contributed by atoms with E-state index >= 15 is 0 Å². The molecule has 2 atom stereocenters. The van der Waals surface area contributed by atoms with Crippen LogP contribution in [0, 0.1) is 0 Å². The molecule has 0 spiro atoms. The quantitative estimate of drug-likeness (QED) is 0.747. The maximum atomic E-state index is 11.0. The molecule has 0 saturated carbocycles. The third-order valence-corrected chi connectivity index (χ3v) is 2.68. The van der Waals surface area contributed by atoms with Gasteiger partial charge >= 0.3 is 5.97 Å². The van der Waals surface area contributed by atoms with E-state index in [4.69, 9.17) is 9.84 Å². The molecular weight excluding hydrogens is 234 g/mol. The molecular formula is C13H19NO4. The Bertz CT molecular complexity index is 373. The second kappa shape index (κ2) is 6.96. The number of carbonyl (C=O) groups is 2. The lowest BCUT2D eigenvalue weighted by atomic mass is 10.1. The van der Waals surface area contributed by atoms with Gasteiger partial charge in [0.1, 0.15) is 0 Å². The average molecular weight is 253 g/mol. The maximum absolute atomic E-state index is 11.0. The van der Waals surface area contributed by atoms with E-state index in [1.165, 1.54) is 6.92 Å². The predicted molar refractivity (Wildman–Crippen MR) is 67.1 cm³/mol. The Morgan fingerprint density at radius 2 is 2.22 bits per heavy atom. The molecule has 0 aromatic heterocycles. The van der Waals surface area contributed by atoms with Gasteiger partial charge in [0.2, 0.25) is 5.91 Å². The fraction of sp³-hybridized carbons (Fsp3) is 0.538. The number of carboxylic acid groups (broad SMARTS) is 1. The molecule has 0 saturated heterocycles. The minimum atomic E-state index is -1.09. The standard InChI is InChI=1S/C13H19NO4/c1-9(12(13(16)17)14-10(2)15)18-8-11-6-4-3-5-7-11/h4,6-7,9,12H,3,5,8H2,1-2H3,(H,14,15)(H,16,17). The van der Waals surface area contributed by atoms with Gasteiger partial charge in [-0.3, -0.25) is 4.79 Å². The van der Waals surface area contributed by atoms with Crippen LogP contribution in [-0.4, -0.2) is 35.7 Å². The number of ether oxygens (including phenoxy) is 1. The van der Waals surface area contributed by atoms with Gasteiger partial charge in [0.15, 0.2) is 6.04 Å². The molecule has 1 rings (SSSR count). The summed E-state index contributed by atoms with van der Waals surface area (Å²) in [5.74, 6) is -1.47. The van der Waals surface area contributed by atoms with E-state index in [0.29, 0.717) is 6.61 Å². The first-order chi connectivity index (χ1) is 8.50. The van der Waals surface area contributed by atoms with Crippen molar-refractivity contribution in [2.75, 3.05) is 6.61 Å². The van der Waals surface area contributed by atoms with Crippen LogP contribution in [0.4, 0.5) is 0 Å². The smallest absolute Gasteiger partial charge is 0.328 e. The first kappa shape index (κ1) is 14.4. The molecule has 0 aromatic carbocycles. The highest BCUT2D eigenvalue weighted by Crippen LogP contribution is 2.11. The summed E-state index contributed by atoms with van der Waals surface area (Å²) in [5, 5.41) is 11.4. The second-order valence-electron chi connectivity index (χ2n) is 4.29. The van der Waals surface area contributed by atoms with Crippen molar-refractivity contribution >= 4 is 11.9 Å². The molecule has 2 unspecified atom stereocenters. The van der Waals surface area contributed by atoms with Crippen LogP contribution >= 0.6 is 0 Å². The number of carbonyl (C=O) groups excluding carboxylic acids is 1. The van der Waals surface area contributed by atoms with E-state index < -0.39 is 18.1 Å². The molecule has 0 aromatic rings. The van der Waals surface area contributed by atoms with Crippen molar-refractivity contribution < 1.29 is 19.4 Å². The van der Waals surface area contributed by atoms with Crippen LogP contribution in [0.2, 0.25) is 0 Å². The first-order valence-corrected chi connectivity index (χ1v) is 5.97. The molecule has 5 heteroatoms. The van der Waals surface area contributed by atoms with Gasteiger partial charge in [0.25, 0.3) is 0 Å². The summed E-state index contributed by atoms with van der Waals surface area (Å²) >= 11 is 0. The average Bonchev–Trinajstić information content (AvgIpc) is 2.34. The Kier molecular flexibility index (Phi) is 5.58. The zero-order chi connectivity index (χ0) is 13.5. The summed E-state index contributed by atoms with van der Waals surface area (Å²) in [5.41, 5.74) is 1.04. The van der Waals surface area contributed by atoms with Gasteiger partial charge in [-0.05, 0) is 25.3 Å². The largest absolute Gasteiger partial charge is 0.480 e. The lowest BCUT2D eigenvalue weighted by molar-refractivity contribution is -0.145. The van der Waals surface area contributed by atoms with Crippen molar-refractivity contribution in [1.29, 1.82) is 0 Å². The summed E-state index contributed by atoms with van der Waals surface area (Å²) in [6.07, 6.45) is 7.54. The number of hydrogen-bond donors (Lipinski definition) is 2. The zero-order valence-corrected chi connectivity index (χ0v) is 10.7. The Labute approximate surface area is 107 Å². The van der Waals surface area contributed by atoms with Gasteiger partial charge in [-0.2, -0.15) is 0 Å². The molecule has 1 aliphatic carbocycles. The topological polar surface area (TPSA) is 75.6 Å². The summed E-state index contributed by atoms with van der Waals surface area (Å²) in [7, 11) is 0. The van der Waals surface area contributed by atoms with E-state index in [0.717, 1.165) is 18.4 Å². The van der Waals surface area contributed by atoms with Crippen molar-refractivity contribution in [3.05, 3.63) is 23.8 Å². The number of rotatable bonds is 6. The molecule has 0 radical (unpaired) electrons. The van der Waals surface area contributed by atoms with E-state index in [2.05, 4.69) is 17.5 Å². The minimum Gasteiger partial charge on any atom is -0.480 e. The molecule has 0 heterocycles. The highest BCUT2D eigenvalue weighted by Gasteiger charge is 2.26. The predicted octanol–water partition coefficient (Wildman–Crippen LogP) is 1.26. The third-order valence-electron chi connectivity index (χ3n) is 2.68. The maximum Gasteiger partial charge on any atom is 0.328 e. The number of amides is 1. The molecule has 0 fully saturated rings. The summed E-state index contributed by atoms with van der Waals surface area (Å²) in [6, 6.07) is -1.02. The molecule has 18 heavy (non-hydrogen) atoms. The number of allylic oxidation sites excluding steroid dienone is 2. The van der Waals surface area contributed by atoms with E-state index in [1.54, 1.807) is 6.92 Å². The SMILES string of the molecule is CC(=O)NC(C(=O)O)C(C)OCC1=CCCC=C1. The molecule has 100 valence electrons. The summed E-state index contributed by atoms with van der Waals surface area (Å²) in [6.45, 7) is 3.29. The Hall–Kier alpha value is -1.62. The lowest BCUT2D eigenvalue weighted by Gasteiger charge is -2.21.